The smallest absolute Gasteiger partial charge is 0.316 e. The van der Waals surface area contributed by atoms with E-state index in [-0.39, 0.29) is 6.10 Å². The first kappa shape index (κ1) is 14.9. The highest BCUT2D eigenvalue weighted by Gasteiger charge is 2.24. The van der Waals surface area contributed by atoms with Crippen LogP contribution >= 0.6 is 0 Å². The summed E-state index contributed by atoms with van der Waals surface area (Å²) < 4.78 is 7.98. The number of piperidine rings is 1. The van der Waals surface area contributed by atoms with E-state index >= 15 is 0 Å². The lowest BCUT2D eigenvalue weighted by molar-refractivity contribution is 0.164. The fraction of sp³-hybridized carbons (Fsp3) is 0.412. The van der Waals surface area contributed by atoms with Gasteiger partial charge in [-0.15, -0.1) is 0 Å². The maximum Gasteiger partial charge on any atom is 0.316 e. The van der Waals surface area contributed by atoms with Gasteiger partial charge in [-0.3, -0.25) is 0 Å². The molecule has 0 aliphatic carbocycles. The van der Waals surface area contributed by atoms with Crippen molar-refractivity contribution < 1.29 is 4.74 Å². The van der Waals surface area contributed by atoms with Gasteiger partial charge in [-0.25, -0.2) is 19.9 Å². The first-order valence-electron chi connectivity index (χ1n) is 8.17. The molecule has 1 fully saturated rings. The zero-order valence-corrected chi connectivity index (χ0v) is 13.9. The summed E-state index contributed by atoms with van der Waals surface area (Å²) in [6.45, 7) is 3.71. The third kappa shape index (κ3) is 2.77. The van der Waals surface area contributed by atoms with Crippen LogP contribution in [0.4, 0.5) is 5.82 Å². The first-order chi connectivity index (χ1) is 11.7. The molecule has 1 unspecified atom stereocenters. The Hall–Kier alpha value is -2.70. The maximum atomic E-state index is 5.97. The SMILES string of the molecule is Cc1cnc(OC2CCCN(c3ncnc4c3ccn4C)C2)nc1. The zero-order valence-electron chi connectivity index (χ0n) is 13.9. The van der Waals surface area contributed by atoms with Crippen LogP contribution in [0.5, 0.6) is 6.01 Å². The van der Waals surface area contributed by atoms with Gasteiger partial charge in [0.1, 0.15) is 23.9 Å². The van der Waals surface area contributed by atoms with Gasteiger partial charge >= 0.3 is 6.01 Å². The predicted octanol–water partition coefficient (Wildman–Crippen LogP) is 2.11. The minimum atomic E-state index is 0.0650. The molecule has 0 N–H and O–H groups in total. The summed E-state index contributed by atoms with van der Waals surface area (Å²) in [7, 11) is 2.00. The van der Waals surface area contributed by atoms with Crippen molar-refractivity contribution in [1.29, 1.82) is 0 Å². The van der Waals surface area contributed by atoms with Gasteiger partial charge in [0.25, 0.3) is 0 Å². The lowest BCUT2D eigenvalue weighted by Gasteiger charge is -2.33. The van der Waals surface area contributed by atoms with Gasteiger partial charge in [-0.05, 0) is 31.4 Å². The molecule has 0 bridgehead atoms. The van der Waals surface area contributed by atoms with E-state index in [9.17, 15) is 0 Å². The van der Waals surface area contributed by atoms with E-state index < -0.39 is 0 Å². The van der Waals surface area contributed by atoms with Gasteiger partial charge in [0.2, 0.25) is 0 Å². The minimum absolute atomic E-state index is 0.0650. The van der Waals surface area contributed by atoms with Crippen LogP contribution in [0.2, 0.25) is 0 Å². The van der Waals surface area contributed by atoms with Crippen LogP contribution < -0.4 is 9.64 Å². The number of fused-ring (bicyclic) bond motifs is 1. The van der Waals surface area contributed by atoms with E-state index in [4.69, 9.17) is 4.74 Å². The minimum Gasteiger partial charge on any atom is -0.458 e. The second-order valence-electron chi connectivity index (χ2n) is 6.23. The van der Waals surface area contributed by atoms with Crippen molar-refractivity contribution >= 4 is 16.9 Å². The number of aryl methyl sites for hydroxylation is 2. The number of aromatic nitrogens is 5. The normalized spacial score (nSPS) is 18.1. The Morgan fingerprint density at radius 3 is 2.83 bits per heavy atom. The lowest BCUT2D eigenvalue weighted by Crippen LogP contribution is -2.41. The standard InChI is InChI=1S/C17H20N6O/c1-12-8-18-17(19-9-12)24-13-4-3-6-23(10-13)16-14-5-7-22(2)15(14)20-11-21-16/h5,7-9,11,13H,3-4,6,10H2,1-2H3. The van der Waals surface area contributed by atoms with Gasteiger partial charge in [-0.2, -0.15) is 0 Å². The number of nitrogens with zero attached hydrogens (tertiary/aromatic N) is 6. The molecule has 24 heavy (non-hydrogen) atoms. The van der Waals surface area contributed by atoms with Crippen LogP contribution in [0.15, 0.2) is 31.0 Å². The number of ether oxygens (including phenoxy) is 1. The molecule has 0 amide bonds. The molecule has 1 aliphatic heterocycles. The first-order valence-corrected chi connectivity index (χ1v) is 8.17. The number of anilines is 1. The second kappa shape index (κ2) is 6.07. The largest absolute Gasteiger partial charge is 0.458 e. The highest BCUT2D eigenvalue weighted by molar-refractivity contribution is 5.87. The molecule has 4 rings (SSSR count). The quantitative estimate of drug-likeness (QED) is 0.735. The van der Waals surface area contributed by atoms with E-state index in [1.54, 1.807) is 18.7 Å². The molecule has 0 aromatic carbocycles. The van der Waals surface area contributed by atoms with Gasteiger partial charge < -0.3 is 14.2 Å². The van der Waals surface area contributed by atoms with E-state index in [1.165, 1.54) is 0 Å². The molecule has 124 valence electrons. The summed E-state index contributed by atoms with van der Waals surface area (Å²) >= 11 is 0. The Morgan fingerprint density at radius 2 is 2.00 bits per heavy atom. The molecule has 0 radical (unpaired) electrons. The highest BCUT2D eigenvalue weighted by atomic mass is 16.5. The molecule has 1 atom stereocenters. The van der Waals surface area contributed by atoms with E-state index in [0.29, 0.717) is 6.01 Å². The van der Waals surface area contributed by atoms with Crippen molar-refractivity contribution in [2.45, 2.75) is 25.9 Å². The molecule has 3 aromatic heterocycles. The van der Waals surface area contributed by atoms with Gasteiger partial charge in [0.05, 0.1) is 11.9 Å². The molecule has 0 spiro atoms. The fourth-order valence-electron chi connectivity index (χ4n) is 3.13. The summed E-state index contributed by atoms with van der Waals surface area (Å²) in [6.07, 6.45) is 9.31. The van der Waals surface area contributed by atoms with Crippen LogP contribution in [-0.2, 0) is 7.05 Å². The molecular formula is C17H20N6O. The van der Waals surface area contributed by atoms with Gasteiger partial charge in [0.15, 0.2) is 0 Å². The van der Waals surface area contributed by atoms with Crippen LogP contribution in [0.1, 0.15) is 18.4 Å². The number of hydrogen-bond acceptors (Lipinski definition) is 6. The average Bonchev–Trinajstić information content (AvgIpc) is 2.99. The molecule has 7 heteroatoms. The third-order valence-corrected chi connectivity index (χ3v) is 4.35. The Bertz CT molecular complexity index is 844. The molecule has 1 saturated heterocycles. The van der Waals surface area contributed by atoms with Crippen molar-refractivity contribution in [2.24, 2.45) is 7.05 Å². The van der Waals surface area contributed by atoms with E-state index in [2.05, 4.69) is 30.9 Å². The average molecular weight is 324 g/mol. The molecule has 0 saturated carbocycles. The summed E-state index contributed by atoms with van der Waals surface area (Å²) in [5.41, 5.74) is 1.98. The molecule has 4 heterocycles. The Labute approximate surface area is 140 Å². The van der Waals surface area contributed by atoms with E-state index in [0.717, 1.165) is 48.3 Å². The van der Waals surface area contributed by atoms with E-state index in [1.807, 2.05) is 24.7 Å². The number of rotatable bonds is 3. The van der Waals surface area contributed by atoms with Crippen molar-refractivity contribution in [2.75, 3.05) is 18.0 Å². The fourth-order valence-corrected chi connectivity index (χ4v) is 3.13. The predicted molar refractivity (Wildman–Crippen MR) is 91.1 cm³/mol. The lowest BCUT2D eigenvalue weighted by atomic mass is 10.1. The number of hydrogen-bond donors (Lipinski definition) is 0. The molecular weight excluding hydrogens is 304 g/mol. The second-order valence-corrected chi connectivity index (χ2v) is 6.23. The Morgan fingerprint density at radius 1 is 1.17 bits per heavy atom. The Balaban J connectivity index is 1.54. The zero-order chi connectivity index (χ0) is 16.5. The van der Waals surface area contributed by atoms with Crippen LogP contribution in [0, 0.1) is 6.92 Å². The Kier molecular flexibility index (Phi) is 3.76. The molecule has 7 nitrogen and oxygen atoms in total. The summed E-state index contributed by atoms with van der Waals surface area (Å²) in [4.78, 5) is 19.6. The summed E-state index contributed by atoms with van der Waals surface area (Å²) in [5.74, 6) is 0.971. The van der Waals surface area contributed by atoms with Crippen molar-refractivity contribution in [1.82, 2.24) is 24.5 Å². The topological polar surface area (TPSA) is 69.0 Å². The summed E-state index contributed by atoms with van der Waals surface area (Å²) in [6, 6.07) is 2.51. The molecule has 3 aromatic rings. The van der Waals surface area contributed by atoms with Crippen molar-refractivity contribution in [3.05, 3.63) is 36.5 Å². The highest BCUT2D eigenvalue weighted by Crippen LogP contribution is 2.26. The molecule has 1 aliphatic rings. The monoisotopic (exact) mass is 324 g/mol. The summed E-state index contributed by atoms with van der Waals surface area (Å²) in [5, 5.41) is 1.08. The van der Waals surface area contributed by atoms with Crippen LogP contribution in [0.3, 0.4) is 0 Å². The van der Waals surface area contributed by atoms with Crippen molar-refractivity contribution in [3.8, 4) is 6.01 Å². The van der Waals surface area contributed by atoms with Crippen molar-refractivity contribution in [3.63, 3.8) is 0 Å². The van der Waals surface area contributed by atoms with Crippen LogP contribution in [-0.4, -0.2) is 43.7 Å². The van der Waals surface area contributed by atoms with Gasteiger partial charge in [-0.1, -0.05) is 0 Å². The van der Waals surface area contributed by atoms with Gasteiger partial charge in [0, 0.05) is 32.2 Å². The van der Waals surface area contributed by atoms with Crippen LogP contribution in [0.25, 0.3) is 11.0 Å². The third-order valence-electron chi connectivity index (χ3n) is 4.35. The maximum absolute atomic E-state index is 5.97.